The van der Waals surface area contributed by atoms with E-state index in [1.54, 1.807) is 23.1 Å². The van der Waals surface area contributed by atoms with Gasteiger partial charge in [0.1, 0.15) is 11.8 Å². The van der Waals surface area contributed by atoms with E-state index in [2.05, 4.69) is 19.2 Å². The summed E-state index contributed by atoms with van der Waals surface area (Å²) in [5.74, 6) is 0.450. The fourth-order valence-corrected chi connectivity index (χ4v) is 3.97. The Kier molecular flexibility index (Phi) is 10.5. The topological polar surface area (TPSA) is 58.6 Å². The van der Waals surface area contributed by atoms with Crippen molar-refractivity contribution < 1.29 is 14.3 Å². The van der Waals surface area contributed by atoms with Crippen LogP contribution in [0.4, 0.5) is 0 Å². The summed E-state index contributed by atoms with van der Waals surface area (Å²) in [6, 6.07) is 12.2. The van der Waals surface area contributed by atoms with Crippen LogP contribution < -0.4 is 10.1 Å². The highest BCUT2D eigenvalue weighted by molar-refractivity contribution is 6.35. The highest BCUT2D eigenvalue weighted by Crippen LogP contribution is 2.27. The lowest BCUT2D eigenvalue weighted by Gasteiger charge is -2.31. The Morgan fingerprint density at radius 3 is 2.33 bits per heavy atom. The van der Waals surface area contributed by atoms with Crippen molar-refractivity contribution in [2.24, 2.45) is 0 Å². The molecule has 2 amide bonds. The van der Waals surface area contributed by atoms with Gasteiger partial charge in [-0.2, -0.15) is 0 Å². The predicted molar refractivity (Wildman–Crippen MR) is 135 cm³/mol. The highest BCUT2D eigenvalue weighted by atomic mass is 35.5. The molecule has 2 aromatic carbocycles. The molecule has 0 aliphatic heterocycles. The van der Waals surface area contributed by atoms with Crippen molar-refractivity contribution >= 4 is 35.0 Å². The van der Waals surface area contributed by atoms with E-state index in [0.29, 0.717) is 27.8 Å². The second-order valence-corrected chi connectivity index (χ2v) is 9.32. The van der Waals surface area contributed by atoms with E-state index in [-0.39, 0.29) is 36.9 Å². The quantitative estimate of drug-likeness (QED) is 0.405. The van der Waals surface area contributed by atoms with E-state index in [4.69, 9.17) is 27.9 Å². The first-order valence-electron chi connectivity index (χ1n) is 11.4. The Balaban J connectivity index is 2.30. The first kappa shape index (κ1) is 27.0. The largest absolute Gasteiger partial charge is 0.483 e. The Bertz CT molecular complexity index is 949. The molecule has 5 nitrogen and oxygen atoms in total. The smallest absolute Gasteiger partial charge is 0.261 e. The van der Waals surface area contributed by atoms with Crippen molar-refractivity contribution in [3.8, 4) is 5.75 Å². The number of benzene rings is 2. The molecular weight excluding hydrogens is 459 g/mol. The molecule has 180 valence electrons. The van der Waals surface area contributed by atoms with Gasteiger partial charge in [0.15, 0.2) is 6.61 Å². The van der Waals surface area contributed by atoms with Crippen molar-refractivity contribution in [3.05, 3.63) is 63.6 Å². The number of hydrogen-bond donors (Lipinski definition) is 1. The Labute approximate surface area is 207 Å². The van der Waals surface area contributed by atoms with Crippen LogP contribution in [0.1, 0.15) is 64.5 Å². The van der Waals surface area contributed by atoms with Crippen LogP contribution in [0.15, 0.2) is 42.5 Å². The van der Waals surface area contributed by atoms with Gasteiger partial charge in [0, 0.05) is 22.6 Å². The van der Waals surface area contributed by atoms with Gasteiger partial charge in [0.05, 0.1) is 0 Å². The van der Waals surface area contributed by atoms with Gasteiger partial charge < -0.3 is 15.0 Å². The number of halogens is 2. The van der Waals surface area contributed by atoms with Crippen LogP contribution in [0, 0.1) is 0 Å². The number of carbonyl (C=O) groups is 2. The third-order valence-electron chi connectivity index (χ3n) is 5.63. The minimum atomic E-state index is -0.651. The lowest BCUT2D eigenvalue weighted by molar-refractivity contribution is -0.143. The molecule has 2 unspecified atom stereocenters. The molecule has 0 radical (unpaired) electrons. The molecule has 0 heterocycles. The van der Waals surface area contributed by atoms with E-state index in [1.807, 2.05) is 45.0 Å². The number of para-hydroxylation sites is 1. The molecule has 0 saturated heterocycles. The molecule has 0 saturated carbocycles. The van der Waals surface area contributed by atoms with E-state index in [9.17, 15) is 9.59 Å². The average Bonchev–Trinajstić information content (AvgIpc) is 2.78. The summed E-state index contributed by atoms with van der Waals surface area (Å²) >= 11 is 12.4. The maximum absolute atomic E-state index is 13.4. The van der Waals surface area contributed by atoms with Gasteiger partial charge >= 0.3 is 0 Å². The first-order valence-corrected chi connectivity index (χ1v) is 12.2. The summed E-state index contributed by atoms with van der Waals surface area (Å²) in [4.78, 5) is 28.0. The maximum atomic E-state index is 13.4. The number of hydrogen-bond acceptors (Lipinski definition) is 3. The van der Waals surface area contributed by atoms with Gasteiger partial charge in [-0.1, -0.05) is 75.2 Å². The molecule has 0 fully saturated rings. The summed E-state index contributed by atoms with van der Waals surface area (Å²) in [6.45, 7) is 9.98. The van der Waals surface area contributed by atoms with E-state index >= 15 is 0 Å². The summed E-state index contributed by atoms with van der Waals surface area (Å²) in [7, 11) is 0. The molecule has 1 N–H and O–H groups in total. The monoisotopic (exact) mass is 492 g/mol. The fourth-order valence-electron chi connectivity index (χ4n) is 3.51. The minimum Gasteiger partial charge on any atom is -0.483 e. The Hall–Kier alpha value is -2.24. The molecule has 7 heteroatoms. The third kappa shape index (κ3) is 7.65. The lowest BCUT2D eigenvalue weighted by atomic mass is 10.0. The summed E-state index contributed by atoms with van der Waals surface area (Å²) in [6.07, 6.45) is 1.26. The maximum Gasteiger partial charge on any atom is 0.261 e. The molecule has 0 aliphatic rings. The van der Waals surface area contributed by atoms with Crippen molar-refractivity contribution in [3.63, 3.8) is 0 Å². The molecule has 0 spiro atoms. The van der Waals surface area contributed by atoms with E-state index in [1.165, 1.54) is 0 Å². The zero-order valence-electron chi connectivity index (χ0n) is 20.0. The molecule has 33 heavy (non-hydrogen) atoms. The summed E-state index contributed by atoms with van der Waals surface area (Å²) in [5, 5.41) is 3.95. The molecule has 2 aromatic rings. The molecule has 0 aromatic heterocycles. The normalized spacial score (nSPS) is 12.8. The molecule has 0 bridgehead atoms. The first-order chi connectivity index (χ1) is 15.7. The van der Waals surface area contributed by atoms with Crippen LogP contribution in [0.25, 0.3) is 0 Å². The predicted octanol–water partition coefficient (Wildman–Crippen LogP) is 6.22. The second-order valence-electron chi connectivity index (χ2n) is 8.48. The zero-order valence-corrected chi connectivity index (χ0v) is 21.5. The van der Waals surface area contributed by atoms with Crippen LogP contribution in [-0.4, -0.2) is 35.4 Å². The van der Waals surface area contributed by atoms with E-state index < -0.39 is 6.04 Å². The SMILES string of the molecule is CCC(C)NC(=O)C(CC)N(Cc1ccc(Cl)cc1Cl)C(=O)COc1ccccc1C(C)C. The minimum absolute atomic E-state index is 0.0109. The molecule has 2 rings (SSSR count). The van der Waals surface area contributed by atoms with Gasteiger partial charge in [0.2, 0.25) is 5.91 Å². The lowest BCUT2D eigenvalue weighted by Crippen LogP contribution is -2.51. The summed E-state index contributed by atoms with van der Waals surface area (Å²) in [5.41, 5.74) is 1.74. The van der Waals surface area contributed by atoms with Gasteiger partial charge in [-0.25, -0.2) is 0 Å². The number of amides is 2. The molecule has 0 aliphatic carbocycles. The van der Waals surface area contributed by atoms with Crippen molar-refractivity contribution in [1.29, 1.82) is 0 Å². The third-order valence-corrected chi connectivity index (χ3v) is 6.22. The van der Waals surface area contributed by atoms with Crippen LogP contribution in [0.2, 0.25) is 10.0 Å². The Morgan fingerprint density at radius 2 is 1.73 bits per heavy atom. The van der Waals surface area contributed by atoms with Crippen LogP contribution in [0.5, 0.6) is 5.75 Å². The number of nitrogens with zero attached hydrogens (tertiary/aromatic N) is 1. The van der Waals surface area contributed by atoms with Crippen LogP contribution in [0.3, 0.4) is 0 Å². The van der Waals surface area contributed by atoms with Gasteiger partial charge in [0.25, 0.3) is 5.91 Å². The van der Waals surface area contributed by atoms with Gasteiger partial charge in [-0.3, -0.25) is 9.59 Å². The second kappa shape index (κ2) is 12.9. The van der Waals surface area contributed by atoms with Gasteiger partial charge in [-0.05, 0) is 55.0 Å². The van der Waals surface area contributed by atoms with Crippen molar-refractivity contribution in [2.45, 2.75) is 72.0 Å². The number of rotatable bonds is 11. The van der Waals surface area contributed by atoms with Crippen molar-refractivity contribution in [1.82, 2.24) is 10.2 Å². The standard InChI is InChI=1S/C26H34Cl2N2O3/c1-6-18(5)29-26(32)23(7-2)30(15-19-12-13-20(27)14-22(19)28)25(31)16-33-24-11-9-8-10-21(24)17(3)4/h8-14,17-18,23H,6-7,15-16H2,1-5H3,(H,29,32). The molecule has 2 atom stereocenters. The average molecular weight is 493 g/mol. The fraction of sp³-hybridized carbons (Fsp3) is 0.462. The molecular formula is C26H34Cl2N2O3. The van der Waals surface area contributed by atoms with Gasteiger partial charge in [-0.15, -0.1) is 0 Å². The summed E-state index contributed by atoms with van der Waals surface area (Å²) < 4.78 is 5.93. The number of nitrogens with one attached hydrogen (secondary N) is 1. The van der Waals surface area contributed by atoms with E-state index in [0.717, 1.165) is 12.0 Å². The number of ether oxygens (including phenoxy) is 1. The number of carbonyl (C=O) groups excluding carboxylic acids is 2. The van der Waals surface area contributed by atoms with Crippen molar-refractivity contribution in [2.75, 3.05) is 6.61 Å². The highest BCUT2D eigenvalue weighted by Gasteiger charge is 2.30. The van der Waals surface area contributed by atoms with Crippen LogP contribution in [-0.2, 0) is 16.1 Å². The zero-order chi connectivity index (χ0) is 24.5. The van der Waals surface area contributed by atoms with Crippen LogP contribution >= 0.6 is 23.2 Å². The Morgan fingerprint density at radius 1 is 1.03 bits per heavy atom.